The van der Waals surface area contributed by atoms with E-state index in [0.717, 1.165) is 5.92 Å². The molecule has 0 aromatic carbocycles. The third kappa shape index (κ3) is 1.19. The van der Waals surface area contributed by atoms with Crippen LogP contribution >= 0.6 is 0 Å². The predicted octanol–water partition coefficient (Wildman–Crippen LogP) is 2.45. The first-order valence-electron chi connectivity index (χ1n) is 4.97. The molecule has 0 aromatic heterocycles. The standard InChI is InChI=1S/C11H16O2/c1-11(2)8-4-3-7(5-8)9(11)6-10(12)13/h6-8H,3-5H2,1-2H3,(H,12,13)/b9-6+/t7-,8-/m0/s1. The van der Waals surface area contributed by atoms with Crippen LogP contribution in [-0.2, 0) is 4.79 Å². The lowest BCUT2D eigenvalue weighted by atomic mass is 9.73. The van der Waals surface area contributed by atoms with E-state index in [1.165, 1.54) is 30.9 Å². The van der Waals surface area contributed by atoms with Crippen molar-refractivity contribution in [1.29, 1.82) is 0 Å². The van der Waals surface area contributed by atoms with E-state index in [9.17, 15) is 4.79 Å². The van der Waals surface area contributed by atoms with Gasteiger partial charge < -0.3 is 5.11 Å². The van der Waals surface area contributed by atoms with Crippen molar-refractivity contribution in [2.24, 2.45) is 17.3 Å². The van der Waals surface area contributed by atoms with E-state index in [-0.39, 0.29) is 5.41 Å². The predicted molar refractivity (Wildman–Crippen MR) is 50.3 cm³/mol. The Morgan fingerprint density at radius 2 is 2.23 bits per heavy atom. The summed E-state index contributed by atoms with van der Waals surface area (Å²) in [6.45, 7) is 4.37. The molecule has 72 valence electrons. The van der Waals surface area contributed by atoms with Crippen molar-refractivity contribution in [1.82, 2.24) is 0 Å². The first-order valence-corrected chi connectivity index (χ1v) is 4.97. The average molecular weight is 180 g/mol. The van der Waals surface area contributed by atoms with Crippen LogP contribution in [0.15, 0.2) is 11.6 Å². The third-order valence-electron chi connectivity index (χ3n) is 3.92. The van der Waals surface area contributed by atoms with E-state index in [0.29, 0.717) is 5.92 Å². The van der Waals surface area contributed by atoms with Gasteiger partial charge in [-0.15, -0.1) is 0 Å². The molecule has 0 radical (unpaired) electrons. The molecule has 2 fully saturated rings. The molecule has 0 aromatic rings. The van der Waals surface area contributed by atoms with Crippen LogP contribution < -0.4 is 0 Å². The zero-order valence-electron chi connectivity index (χ0n) is 8.21. The van der Waals surface area contributed by atoms with Gasteiger partial charge in [-0.05, 0) is 36.5 Å². The Labute approximate surface area is 78.6 Å². The molecule has 2 nitrogen and oxygen atoms in total. The molecule has 13 heavy (non-hydrogen) atoms. The summed E-state index contributed by atoms with van der Waals surface area (Å²) in [7, 11) is 0. The molecule has 0 saturated heterocycles. The minimum absolute atomic E-state index is 0.140. The van der Waals surface area contributed by atoms with E-state index in [1.807, 2.05) is 0 Å². The Bertz CT molecular complexity index is 276. The largest absolute Gasteiger partial charge is 0.478 e. The number of hydrogen-bond acceptors (Lipinski definition) is 1. The molecule has 0 spiro atoms. The summed E-state index contributed by atoms with van der Waals surface area (Å²) in [5.41, 5.74) is 1.32. The van der Waals surface area contributed by atoms with Crippen molar-refractivity contribution in [2.75, 3.05) is 0 Å². The zero-order chi connectivity index (χ0) is 9.64. The van der Waals surface area contributed by atoms with Crippen molar-refractivity contribution < 1.29 is 9.90 Å². The van der Waals surface area contributed by atoms with Gasteiger partial charge in [-0.25, -0.2) is 4.79 Å². The number of allylic oxidation sites excluding steroid dienone is 1. The summed E-state index contributed by atoms with van der Waals surface area (Å²) in [4.78, 5) is 10.6. The van der Waals surface area contributed by atoms with E-state index < -0.39 is 5.97 Å². The Hall–Kier alpha value is -0.790. The van der Waals surface area contributed by atoms with E-state index >= 15 is 0 Å². The van der Waals surface area contributed by atoms with E-state index in [2.05, 4.69) is 13.8 Å². The van der Waals surface area contributed by atoms with Crippen LogP contribution in [0.3, 0.4) is 0 Å². The molecule has 2 bridgehead atoms. The monoisotopic (exact) mass is 180 g/mol. The van der Waals surface area contributed by atoms with Crippen molar-refractivity contribution >= 4 is 5.97 Å². The maximum Gasteiger partial charge on any atom is 0.328 e. The number of rotatable bonds is 1. The van der Waals surface area contributed by atoms with Gasteiger partial charge in [0.2, 0.25) is 0 Å². The van der Waals surface area contributed by atoms with Gasteiger partial charge in [0.1, 0.15) is 0 Å². The second-order valence-corrected chi connectivity index (χ2v) is 4.87. The first-order chi connectivity index (χ1) is 6.01. The molecule has 2 saturated carbocycles. The second kappa shape index (κ2) is 2.60. The molecule has 1 N–H and O–H groups in total. The quantitative estimate of drug-likeness (QED) is 0.629. The number of carboxylic acid groups (broad SMARTS) is 1. The van der Waals surface area contributed by atoms with Crippen LogP contribution in [0.5, 0.6) is 0 Å². The third-order valence-corrected chi connectivity index (χ3v) is 3.92. The highest BCUT2D eigenvalue weighted by atomic mass is 16.4. The maximum atomic E-state index is 10.6. The lowest BCUT2D eigenvalue weighted by molar-refractivity contribution is -0.131. The Kier molecular flexibility index (Phi) is 1.76. The molecule has 0 amide bonds. The van der Waals surface area contributed by atoms with Crippen LogP contribution in [0.4, 0.5) is 0 Å². The highest BCUT2D eigenvalue weighted by Gasteiger charge is 2.48. The average Bonchev–Trinajstić information content (AvgIpc) is 2.53. The topological polar surface area (TPSA) is 37.3 Å². The highest BCUT2D eigenvalue weighted by Crippen LogP contribution is 2.58. The molecular weight excluding hydrogens is 164 g/mol. The minimum atomic E-state index is -0.782. The van der Waals surface area contributed by atoms with Crippen molar-refractivity contribution in [2.45, 2.75) is 33.1 Å². The van der Waals surface area contributed by atoms with Gasteiger partial charge in [-0.3, -0.25) is 0 Å². The molecule has 0 aliphatic heterocycles. The minimum Gasteiger partial charge on any atom is -0.478 e. The zero-order valence-corrected chi connectivity index (χ0v) is 8.21. The van der Waals surface area contributed by atoms with Gasteiger partial charge in [0.15, 0.2) is 0 Å². The van der Waals surface area contributed by atoms with Crippen molar-refractivity contribution in [3.63, 3.8) is 0 Å². The highest BCUT2D eigenvalue weighted by molar-refractivity contribution is 5.81. The molecule has 0 heterocycles. The number of fused-ring (bicyclic) bond motifs is 2. The molecule has 2 aliphatic rings. The fraction of sp³-hybridized carbons (Fsp3) is 0.727. The molecule has 2 aliphatic carbocycles. The normalized spacial score (nSPS) is 38.5. The maximum absolute atomic E-state index is 10.6. The lowest BCUT2D eigenvalue weighted by Crippen LogP contribution is -2.23. The molecule has 0 unspecified atom stereocenters. The SMILES string of the molecule is CC1(C)/C(=C/C(=O)O)[C@H]2CC[C@H]1C2. The summed E-state index contributed by atoms with van der Waals surface area (Å²) in [6.07, 6.45) is 5.15. The van der Waals surface area contributed by atoms with E-state index in [4.69, 9.17) is 5.11 Å². The molecule has 2 rings (SSSR count). The van der Waals surface area contributed by atoms with Gasteiger partial charge in [0.25, 0.3) is 0 Å². The van der Waals surface area contributed by atoms with Crippen molar-refractivity contribution in [3.8, 4) is 0 Å². The van der Waals surface area contributed by atoms with Gasteiger partial charge >= 0.3 is 5.97 Å². The van der Waals surface area contributed by atoms with Crippen molar-refractivity contribution in [3.05, 3.63) is 11.6 Å². The number of carbonyl (C=O) groups is 1. The Morgan fingerprint density at radius 1 is 1.54 bits per heavy atom. The first kappa shape index (κ1) is 8.79. The molecule has 2 heteroatoms. The summed E-state index contributed by atoms with van der Waals surface area (Å²) < 4.78 is 0. The van der Waals surface area contributed by atoms with E-state index in [1.54, 1.807) is 0 Å². The number of carboxylic acids is 1. The fourth-order valence-electron chi connectivity index (χ4n) is 3.12. The van der Waals surface area contributed by atoms with Crippen LogP contribution in [0.2, 0.25) is 0 Å². The molecular formula is C11H16O2. The van der Waals surface area contributed by atoms with Crippen LogP contribution in [0, 0.1) is 17.3 Å². The Balaban J connectivity index is 2.34. The van der Waals surface area contributed by atoms with Gasteiger partial charge in [-0.2, -0.15) is 0 Å². The van der Waals surface area contributed by atoms with Crippen LogP contribution in [0.25, 0.3) is 0 Å². The smallest absolute Gasteiger partial charge is 0.328 e. The summed E-state index contributed by atoms with van der Waals surface area (Å²) in [5, 5.41) is 8.76. The van der Waals surface area contributed by atoms with Gasteiger partial charge in [-0.1, -0.05) is 19.4 Å². The van der Waals surface area contributed by atoms with Crippen LogP contribution in [0.1, 0.15) is 33.1 Å². The number of hydrogen-bond donors (Lipinski definition) is 1. The van der Waals surface area contributed by atoms with Gasteiger partial charge in [0.05, 0.1) is 0 Å². The number of aliphatic carboxylic acids is 1. The van der Waals surface area contributed by atoms with Gasteiger partial charge in [0, 0.05) is 6.08 Å². The molecule has 2 atom stereocenters. The summed E-state index contributed by atoms with van der Waals surface area (Å²) in [6, 6.07) is 0. The Morgan fingerprint density at radius 3 is 2.69 bits per heavy atom. The second-order valence-electron chi connectivity index (χ2n) is 4.87. The lowest BCUT2D eigenvalue weighted by Gasteiger charge is -2.32. The summed E-state index contributed by atoms with van der Waals surface area (Å²) >= 11 is 0. The summed E-state index contributed by atoms with van der Waals surface area (Å²) in [5.74, 6) is 0.509. The fourth-order valence-corrected chi connectivity index (χ4v) is 3.12. The van der Waals surface area contributed by atoms with Crippen LogP contribution in [-0.4, -0.2) is 11.1 Å².